The van der Waals surface area contributed by atoms with Crippen molar-refractivity contribution in [1.82, 2.24) is 10.2 Å². The van der Waals surface area contributed by atoms with Gasteiger partial charge >= 0.3 is 12.0 Å². The monoisotopic (exact) mass is 272 g/mol. The van der Waals surface area contributed by atoms with Gasteiger partial charge in [-0.3, -0.25) is 4.79 Å². The number of carboxylic acids is 1. The predicted molar refractivity (Wildman–Crippen MR) is 71.1 cm³/mol. The van der Waals surface area contributed by atoms with Crippen LogP contribution in [0.3, 0.4) is 0 Å². The molecule has 110 valence electrons. The maximum absolute atomic E-state index is 12.2. The van der Waals surface area contributed by atoms with E-state index >= 15 is 0 Å². The van der Waals surface area contributed by atoms with Crippen molar-refractivity contribution in [2.45, 2.75) is 57.7 Å². The minimum Gasteiger partial charge on any atom is -0.480 e. The van der Waals surface area contributed by atoms with Crippen molar-refractivity contribution in [3.8, 4) is 0 Å². The number of ether oxygens (including phenoxy) is 1. The standard InChI is InChI=1S/C13H24N2O4/c1-13(2,3)15(8-11(16)17)12(18)14-9-5-6-10(7-9)19-4/h9-10H,5-8H2,1-4H3,(H,14,18)(H,16,17). The fraction of sp³-hybridized carbons (Fsp3) is 0.846. The lowest BCUT2D eigenvalue weighted by molar-refractivity contribution is -0.138. The van der Waals surface area contributed by atoms with Crippen molar-refractivity contribution < 1.29 is 19.4 Å². The van der Waals surface area contributed by atoms with E-state index in [1.54, 1.807) is 7.11 Å². The third-order valence-electron chi connectivity index (χ3n) is 3.39. The van der Waals surface area contributed by atoms with Crippen LogP contribution >= 0.6 is 0 Å². The highest BCUT2D eigenvalue weighted by Gasteiger charge is 2.32. The Morgan fingerprint density at radius 3 is 2.42 bits per heavy atom. The summed E-state index contributed by atoms with van der Waals surface area (Å²) in [5.74, 6) is -1.01. The van der Waals surface area contributed by atoms with Gasteiger partial charge in [0.2, 0.25) is 0 Å². The fourth-order valence-electron chi connectivity index (χ4n) is 2.29. The molecule has 0 heterocycles. The summed E-state index contributed by atoms with van der Waals surface area (Å²) in [6.45, 7) is 5.17. The number of nitrogens with zero attached hydrogens (tertiary/aromatic N) is 1. The molecule has 0 saturated heterocycles. The van der Waals surface area contributed by atoms with Crippen LogP contribution in [-0.2, 0) is 9.53 Å². The van der Waals surface area contributed by atoms with Gasteiger partial charge in [0.25, 0.3) is 0 Å². The summed E-state index contributed by atoms with van der Waals surface area (Å²) in [6.07, 6.45) is 2.77. The van der Waals surface area contributed by atoms with Crippen LogP contribution in [0.25, 0.3) is 0 Å². The number of carbonyl (C=O) groups excluding carboxylic acids is 1. The lowest BCUT2D eigenvalue weighted by Gasteiger charge is -2.35. The molecular weight excluding hydrogens is 248 g/mol. The highest BCUT2D eigenvalue weighted by atomic mass is 16.5. The van der Waals surface area contributed by atoms with Crippen molar-refractivity contribution in [2.75, 3.05) is 13.7 Å². The first-order chi connectivity index (χ1) is 8.74. The van der Waals surface area contributed by atoms with Gasteiger partial charge in [0.05, 0.1) is 6.10 Å². The number of carbonyl (C=O) groups is 2. The van der Waals surface area contributed by atoms with Gasteiger partial charge in [0, 0.05) is 18.7 Å². The quantitative estimate of drug-likeness (QED) is 0.812. The number of hydrogen-bond donors (Lipinski definition) is 2. The summed E-state index contributed by atoms with van der Waals surface area (Å²) >= 11 is 0. The van der Waals surface area contributed by atoms with Crippen molar-refractivity contribution >= 4 is 12.0 Å². The molecule has 0 radical (unpaired) electrons. The van der Waals surface area contributed by atoms with Gasteiger partial charge in [-0.05, 0) is 40.0 Å². The molecule has 2 N–H and O–H groups in total. The summed E-state index contributed by atoms with van der Waals surface area (Å²) in [5.41, 5.74) is -0.526. The molecule has 19 heavy (non-hydrogen) atoms. The highest BCUT2D eigenvalue weighted by molar-refractivity contribution is 5.81. The van der Waals surface area contributed by atoms with Gasteiger partial charge in [-0.25, -0.2) is 4.79 Å². The molecule has 1 aliphatic carbocycles. The Balaban J connectivity index is 2.60. The average Bonchev–Trinajstić information content (AvgIpc) is 2.71. The van der Waals surface area contributed by atoms with Gasteiger partial charge in [-0.1, -0.05) is 0 Å². The number of carboxylic acid groups (broad SMARTS) is 1. The zero-order chi connectivity index (χ0) is 14.6. The van der Waals surface area contributed by atoms with Crippen molar-refractivity contribution in [1.29, 1.82) is 0 Å². The highest BCUT2D eigenvalue weighted by Crippen LogP contribution is 2.22. The van der Waals surface area contributed by atoms with E-state index in [0.717, 1.165) is 19.3 Å². The zero-order valence-electron chi connectivity index (χ0n) is 12.1. The first kappa shape index (κ1) is 15.8. The first-order valence-electron chi connectivity index (χ1n) is 6.56. The van der Waals surface area contributed by atoms with E-state index < -0.39 is 11.5 Å². The number of rotatable bonds is 4. The minimum absolute atomic E-state index is 0.0658. The molecule has 0 bridgehead atoms. The van der Waals surface area contributed by atoms with Crippen LogP contribution < -0.4 is 5.32 Å². The van der Waals surface area contributed by atoms with E-state index in [1.165, 1.54) is 4.90 Å². The minimum atomic E-state index is -1.01. The molecular formula is C13H24N2O4. The topological polar surface area (TPSA) is 78.9 Å². The van der Waals surface area contributed by atoms with E-state index in [9.17, 15) is 9.59 Å². The predicted octanol–water partition coefficient (Wildman–Crippen LogP) is 1.45. The lowest BCUT2D eigenvalue weighted by Crippen LogP contribution is -2.54. The summed E-state index contributed by atoms with van der Waals surface area (Å²) < 4.78 is 5.26. The van der Waals surface area contributed by atoms with Crippen LogP contribution in [0.4, 0.5) is 4.79 Å². The van der Waals surface area contributed by atoms with Gasteiger partial charge in [-0.2, -0.15) is 0 Å². The Bertz CT molecular complexity index is 338. The van der Waals surface area contributed by atoms with E-state index in [0.29, 0.717) is 0 Å². The number of urea groups is 1. The third kappa shape index (κ3) is 4.70. The number of hydrogen-bond acceptors (Lipinski definition) is 3. The van der Waals surface area contributed by atoms with E-state index in [4.69, 9.17) is 9.84 Å². The normalized spacial score (nSPS) is 23.2. The molecule has 1 fully saturated rings. The summed E-state index contributed by atoms with van der Waals surface area (Å²) in [6, 6.07) is -0.257. The van der Waals surface area contributed by atoms with Crippen LogP contribution in [0, 0.1) is 0 Å². The van der Waals surface area contributed by atoms with Gasteiger partial charge in [0.15, 0.2) is 0 Å². The molecule has 0 aliphatic heterocycles. The van der Waals surface area contributed by atoms with Crippen LogP contribution in [0.15, 0.2) is 0 Å². The molecule has 1 saturated carbocycles. The molecule has 2 unspecified atom stereocenters. The molecule has 6 heteroatoms. The Kier molecular flexibility index (Phi) is 5.17. The maximum Gasteiger partial charge on any atom is 0.323 e. The number of amides is 2. The van der Waals surface area contributed by atoms with Gasteiger partial charge < -0.3 is 20.1 Å². The molecule has 6 nitrogen and oxygen atoms in total. The second-order valence-electron chi connectivity index (χ2n) is 5.97. The number of methoxy groups -OCH3 is 1. The summed E-state index contributed by atoms with van der Waals surface area (Å²) in [7, 11) is 1.67. The fourth-order valence-corrected chi connectivity index (χ4v) is 2.29. The SMILES string of the molecule is COC1CCC(NC(=O)N(CC(=O)O)C(C)(C)C)C1. The van der Waals surface area contributed by atoms with Gasteiger partial charge in [0.1, 0.15) is 6.54 Å². The van der Waals surface area contributed by atoms with Crippen LogP contribution in [0.1, 0.15) is 40.0 Å². The number of aliphatic carboxylic acids is 1. The summed E-state index contributed by atoms with van der Waals surface area (Å²) in [5, 5.41) is 11.8. The zero-order valence-corrected chi connectivity index (χ0v) is 12.1. The van der Waals surface area contributed by atoms with E-state index in [1.807, 2.05) is 20.8 Å². The van der Waals surface area contributed by atoms with Crippen molar-refractivity contribution in [2.24, 2.45) is 0 Å². The van der Waals surface area contributed by atoms with Gasteiger partial charge in [-0.15, -0.1) is 0 Å². The third-order valence-corrected chi connectivity index (χ3v) is 3.39. The molecule has 1 aliphatic rings. The van der Waals surface area contributed by atoms with Crippen LogP contribution in [-0.4, -0.2) is 53.3 Å². The molecule has 0 aromatic heterocycles. The number of nitrogens with one attached hydrogen (secondary N) is 1. The molecule has 0 spiro atoms. The molecule has 2 amide bonds. The van der Waals surface area contributed by atoms with E-state index in [2.05, 4.69) is 5.32 Å². The second kappa shape index (κ2) is 6.23. The van der Waals surface area contributed by atoms with Crippen LogP contribution in [0.2, 0.25) is 0 Å². The largest absolute Gasteiger partial charge is 0.480 e. The Morgan fingerprint density at radius 1 is 1.37 bits per heavy atom. The molecule has 1 rings (SSSR count). The first-order valence-corrected chi connectivity index (χ1v) is 6.56. The van der Waals surface area contributed by atoms with Crippen LogP contribution in [0.5, 0.6) is 0 Å². The maximum atomic E-state index is 12.2. The smallest absolute Gasteiger partial charge is 0.323 e. The Hall–Kier alpha value is -1.30. The average molecular weight is 272 g/mol. The van der Waals surface area contributed by atoms with Crippen molar-refractivity contribution in [3.63, 3.8) is 0 Å². The molecule has 0 aromatic rings. The van der Waals surface area contributed by atoms with E-state index in [-0.39, 0.29) is 24.7 Å². The Morgan fingerprint density at radius 2 is 2.00 bits per heavy atom. The lowest BCUT2D eigenvalue weighted by atomic mass is 10.1. The summed E-state index contributed by atoms with van der Waals surface area (Å²) in [4.78, 5) is 24.4. The Labute approximate surface area is 114 Å². The molecule has 2 atom stereocenters. The second-order valence-corrected chi connectivity index (χ2v) is 5.97. The van der Waals surface area contributed by atoms with Crippen molar-refractivity contribution in [3.05, 3.63) is 0 Å². The molecule has 0 aromatic carbocycles.